The molecule has 1 aliphatic heterocycles. The highest BCUT2D eigenvalue weighted by Gasteiger charge is 2.19. The van der Waals surface area contributed by atoms with Gasteiger partial charge in [-0.3, -0.25) is 9.89 Å². The van der Waals surface area contributed by atoms with Crippen LogP contribution in [0, 0.1) is 19.8 Å². The van der Waals surface area contributed by atoms with Gasteiger partial charge in [-0.1, -0.05) is 6.07 Å². The van der Waals surface area contributed by atoms with Crippen LogP contribution >= 0.6 is 22.7 Å². The maximum absolute atomic E-state index is 4.85. The molecule has 7 heteroatoms. The first-order valence-electron chi connectivity index (χ1n) is 10.3. The Morgan fingerprint density at radius 2 is 2.11 bits per heavy atom. The number of aliphatic imine (C=N–C) groups is 1. The Bertz CT molecular complexity index is 711. The van der Waals surface area contributed by atoms with Crippen LogP contribution in [-0.2, 0) is 13.0 Å². The fourth-order valence-electron chi connectivity index (χ4n) is 3.45. The second kappa shape index (κ2) is 10.9. The summed E-state index contributed by atoms with van der Waals surface area (Å²) in [5.74, 6) is 1.63. The molecule has 2 N–H and O–H groups in total. The van der Waals surface area contributed by atoms with Crippen molar-refractivity contribution in [3.63, 3.8) is 0 Å². The minimum Gasteiger partial charge on any atom is -0.357 e. The predicted molar refractivity (Wildman–Crippen MR) is 122 cm³/mol. The molecule has 2 aromatic heterocycles. The number of aryl methyl sites for hydroxylation is 2. The quantitative estimate of drug-likeness (QED) is 0.504. The average Bonchev–Trinajstić information content (AvgIpc) is 3.31. The summed E-state index contributed by atoms with van der Waals surface area (Å²) in [7, 11) is 0. The van der Waals surface area contributed by atoms with Gasteiger partial charge >= 0.3 is 0 Å². The highest BCUT2D eigenvalue weighted by Crippen LogP contribution is 2.21. The van der Waals surface area contributed by atoms with Crippen LogP contribution in [0.25, 0.3) is 0 Å². The van der Waals surface area contributed by atoms with Gasteiger partial charge in [0.2, 0.25) is 0 Å². The standard InChI is InChI=1S/C21H33N5S2/c1-4-22-21(23-10-7-20-25-16(2)17(3)28-20)24-14-18-8-11-26(12-9-18)15-19-6-5-13-27-19/h5-6,13,18H,4,7-12,14-15H2,1-3H3,(H2,22,23,24). The molecule has 28 heavy (non-hydrogen) atoms. The molecule has 154 valence electrons. The lowest BCUT2D eigenvalue weighted by atomic mass is 9.97. The van der Waals surface area contributed by atoms with Crippen LogP contribution in [0.15, 0.2) is 22.5 Å². The molecule has 0 aromatic carbocycles. The van der Waals surface area contributed by atoms with Gasteiger partial charge < -0.3 is 10.6 Å². The molecule has 0 amide bonds. The number of nitrogens with one attached hydrogen (secondary N) is 2. The third-order valence-electron chi connectivity index (χ3n) is 5.22. The van der Waals surface area contributed by atoms with E-state index in [0.29, 0.717) is 5.92 Å². The number of rotatable bonds is 8. The first-order chi connectivity index (χ1) is 13.6. The van der Waals surface area contributed by atoms with Crippen molar-refractivity contribution in [3.05, 3.63) is 38.0 Å². The van der Waals surface area contributed by atoms with E-state index in [1.54, 1.807) is 11.3 Å². The maximum Gasteiger partial charge on any atom is 0.191 e. The molecule has 3 heterocycles. The highest BCUT2D eigenvalue weighted by atomic mass is 32.1. The van der Waals surface area contributed by atoms with Gasteiger partial charge in [-0.15, -0.1) is 22.7 Å². The number of nitrogens with zero attached hydrogens (tertiary/aromatic N) is 3. The Hall–Kier alpha value is -1.44. The van der Waals surface area contributed by atoms with Crippen LogP contribution in [0.4, 0.5) is 0 Å². The molecule has 3 rings (SSSR count). The third-order valence-corrected chi connectivity index (χ3v) is 7.22. The zero-order valence-corrected chi connectivity index (χ0v) is 19.0. The summed E-state index contributed by atoms with van der Waals surface area (Å²) in [6.45, 7) is 12.5. The van der Waals surface area contributed by atoms with E-state index in [-0.39, 0.29) is 0 Å². The van der Waals surface area contributed by atoms with E-state index in [4.69, 9.17) is 4.99 Å². The second-order valence-electron chi connectivity index (χ2n) is 7.44. The van der Waals surface area contributed by atoms with Crippen molar-refractivity contribution in [1.29, 1.82) is 0 Å². The van der Waals surface area contributed by atoms with Crippen LogP contribution in [-0.4, -0.2) is 48.6 Å². The molecule has 2 aromatic rings. The minimum atomic E-state index is 0.694. The average molecular weight is 420 g/mol. The van der Waals surface area contributed by atoms with E-state index >= 15 is 0 Å². The summed E-state index contributed by atoms with van der Waals surface area (Å²) in [4.78, 5) is 14.8. The van der Waals surface area contributed by atoms with Crippen molar-refractivity contribution in [2.45, 2.75) is 46.6 Å². The fraction of sp³-hybridized carbons (Fsp3) is 0.619. The van der Waals surface area contributed by atoms with Crippen molar-refractivity contribution < 1.29 is 0 Å². The van der Waals surface area contributed by atoms with Gasteiger partial charge in [0.15, 0.2) is 5.96 Å². The molecule has 1 aliphatic rings. The molecular formula is C21H33N5S2. The predicted octanol–water partition coefficient (Wildman–Crippen LogP) is 3.83. The molecule has 0 atom stereocenters. The molecule has 0 unspecified atom stereocenters. The first-order valence-corrected chi connectivity index (χ1v) is 12.0. The number of likely N-dealkylation sites (tertiary alicyclic amines) is 1. The smallest absolute Gasteiger partial charge is 0.191 e. The van der Waals surface area contributed by atoms with Crippen LogP contribution in [0.1, 0.15) is 40.2 Å². The highest BCUT2D eigenvalue weighted by molar-refractivity contribution is 7.11. The van der Waals surface area contributed by atoms with Crippen molar-refractivity contribution in [2.75, 3.05) is 32.7 Å². The number of piperidine rings is 1. The van der Waals surface area contributed by atoms with Gasteiger partial charge in [-0.2, -0.15) is 0 Å². The van der Waals surface area contributed by atoms with Crippen LogP contribution in [0.2, 0.25) is 0 Å². The van der Waals surface area contributed by atoms with E-state index in [2.05, 4.69) is 58.8 Å². The van der Waals surface area contributed by atoms with Gasteiger partial charge in [-0.25, -0.2) is 4.98 Å². The molecule has 1 saturated heterocycles. The van der Waals surface area contributed by atoms with Crippen molar-refractivity contribution in [2.24, 2.45) is 10.9 Å². The Morgan fingerprint density at radius 3 is 2.75 bits per heavy atom. The zero-order chi connectivity index (χ0) is 19.8. The number of guanidine groups is 1. The van der Waals surface area contributed by atoms with E-state index in [1.165, 1.54) is 40.7 Å². The first kappa shape index (κ1) is 21.3. The Morgan fingerprint density at radius 1 is 1.29 bits per heavy atom. The minimum absolute atomic E-state index is 0.694. The fourth-order valence-corrected chi connectivity index (χ4v) is 5.13. The summed E-state index contributed by atoms with van der Waals surface area (Å²) in [5, 5.41) is 10.2. The molecule has 0 radical (unpaired) electrons. The number of thiazole rings is 1. The van der Waals surface area contributed by atoms with Gasteiger partial charge in [-0.05, 0) is 64.1 Å². The van der Waals surface area contributed by atoms with Crippen molar-refractivity contribution in [3.8, 4) is 0 Å². The number of hydrogen-bond acceptors (Lipinski definition) is 5. The summed E-state index contributed by atoms with van der Waals surface area (Å²) in [6.07, 6.45) is 3.43. The summed E-state index contributed by atoms with van der Waals surface area (Å²) < 4.78 is 0. The topological polar surface area (TPSA) is 52.6 Å². The van der Waals surface area contributed by atoms with E-state index in [0.717, 1.165) is 44.3 Å². The van der Waals surface area contributed by atoms with Crippen LogP contribution in [0.5, 0.6) is 0 Å². The molecule has 0 saturated carbocycles. The van der Waals surface area contributed by atoms with Crippen molar-refractivity contribution >= 4 is 28.6 Å². The zero-order valence-electron chi connectivity index (χ0n) is 17.3. The van der Waals surface area contributed by atoms with E-state index < -0.39 is 0 Å². The summed E-state index contributed by atoms with van der Waals surface area (Å²) in [5.41, 5.74) is 1.16. The van der Waals surface area contributed by atoms with Crippen LogP contribution in [0.3, 0.4) is 0 Å². The largest absolute Gasteiger partial charge is 0.357 e. The molecular weight excluding hydrogens is 386 g/mol. The molecule has 1 fully saturated rings. The number of hydrogen-bond donors (Lipinski definition) is 2. The van der Waals surface area contributed by atoms with Crippen LogP contribution < -0.4 is 10.6 Å². The molecule has 0 bridgehead atoms. The SMILES string of the molecule is CCNC(=NCC1CCN(Cc2cccs2)CC1)NCCc1nc(C)c(C)s1. The maximum atomic E-state index is 4.85. The van der Waals surface area contributed by atoms with Gasteiger partial charge in [0.05, 0.1) is 10.7 Å². The van der Waals surface area contributed by atoms with E-state index in [9.17, 15) is 0 Å². The van der Waals surface area contributed by atoms with Gasteiger partial charge in [0.25, 0.3) is 0 Å². The Balaban J connectivity index is 1.40. The van der Waals surface area contributed by atoms with Gasteiger partial charge in [0.1, 0.15) is 0 Å². The second-order valence-corrected chi connectivity index (χ2v) is 9.76. The molecule has 0 spiro atoms. The summed E-state index contributed by atoms with van der Waals surface area (Å²) >= 11 is 3.66. The lowest BCUT2D eigenvalue weighted by Gasteiger charge is -2.31. The van der Waals surface area contributed by atoms with E-state index in [1.807, 2.05) is 11.3 Å². The monoisotopic (exact) mass is 419 g/mol. The molecule has 5 nitrogen and oxygen atoms in total. The summed E-state index contributed by atoms with van der Waals surface area (Å²) in [6, 6.07) is 4.39. The normalized spacial score (nSPS) is 16.5. The van der Waals surface area contributed by atoms with Crippen molar-refractivity contribution in [1.82, 2.24) is 20.5 Å². The van der Waals surface area contributed by atoms with Gasteiger partial charge in [0, 0.05) is 42.4 Å². The number of aromatic nitrogens is 1. The third kappa shape index (κ3) is 6.57. The Kier molecular flexibility index (Phi) is 8.30. The number of thiophene rings is 1. The lowest BCUT2D eigenvalue weighted by molar-refractivity contribution is 0.182. The Labute approximate surface area is 177 Å². The molecule has 0 aliphatic carbocycles. The lowest BCUT2D eigenvalue weighted by Crippen LogP contribution is -2.39.